The molecule has 0 aromatic heterocycles. The Kier molecular flexibility index (Phi) is 2.70. The molecule has 0 heterocycles. The lowest BCUT2D eigenvalue weighted by Crippen LogP contribution is -2.34. The molecule has 0 N–H and O–H groups in total. The molecule has 1 atom stereocenters. The van der Waals surface area contributed by atoms with Gasteiger partial charge in [-0.15, -0.1) is 0 Å². The van der Waals surface area contributed by atoms with Crippen LogP contribution in [0.5, 0.6) is 0 Å². The second kappa shape index (κ2) is 3.37. The number of esters is 1. The Morgan fingerprint density at radius 3 is 2.36 bits per heavy atom. The van der Waals surface area contributed by atoms with Gasteiger partial charge in [0.2, 0.25) is 0 Å². The van der Waals surface area contributed by atoms with Crippen molar-refractivity contribution in [3.05, 3.63) is 0 Å². The minimum absolute atomic E-state index is 0.165. The zero-order chi connectivity index (χ0) is 11.0. The molecule has 0 spiro atoms. The summed E-state index contributed by atoms with van der Waals surface area (Å²) in [7, 11) is 0. The normalized spacial score (nSPS) is 27.9. The number of hydrogen-bond acceptors (Lipinski definition) is 3. The summed E-state index contributed by atoms with van der Waals surface area (Å²) in [6, 6.07) is 0. The highest BCUT2D eigenvalue weighted by atomic mass is 16.6. The second-order valence-corrected chi connectivity index (χ2v) is 5.28. The molecule has 0 aliphatic heterocycles. The number of carbonyl (C=O) groups excluding carboxylic acids is 2. The smallest absolute Gasteiger partial charge is 0.312 e. The molecule has 1 rings (SSSR count). The second-order valence-electron chi connectivity index (χ2n) is 5.28. The summed E-state index contributed by atoms with van der Waals surface area (Å²) >= 11 is 0. The lowest BCUT2D eigenvalue weighted by Gasteiger charge is -2.27. The van der Waals surface area contributed by atoms with E-state index < -0.39 is 11.0 Å². The molecule has 0 saturated heterocycles. The predicted molar refractivity (Wildman–Crippen MR) is 52.8 cm³/mol. The van der Waals surface area contributed by atoms with Gasteiger partial charge < -0.3 is 4.74 Å². The van der Waals surface area contributed by atoms with E-state index in [0.717, 1.165) is 0 Å². The minimum Gasteiger partial charge on any atom is -0.460 e. The zero-order valence-electron chi connectivity index (χ0n) is 9.35. The van der Waals surface area contributed by atoms with E-state index in [1.54, 1.807) is 0 Å². The fourth-order valence-corrected chi connectivity index (χ4v) is 1.60. The third kappa shape index (κ3) is 2.56. The molecule has 0 unspecified atom stereocenters. The molecule has 0 bridgehead atoms. The van der Waals surface area contributed by atoms with Gasteiger partial charge in [0, 0.05) is 12.8 Å². The summed E-state index contributed by atoms with van der Waals surface area (Å²) in [4.78, 5) is 22.9. The first kappa shape index (κ1) is 11.2. The molecular weight excluding hydrogens is 180 g/mol. The van der Waals surface area contributed by atoms with Gasteiger partial charge in [0.15, 0.2) is 0 Å². The number of ether oxygens (including phenoxy) is 1. The van der Waals surface area contributed by atoms with Crippen molar-refractivity contribution < 1.29 is 14.3 Å². The van der Waals surface area contributed by atoms with Crippen LogP contribution in [-0.4, -0.2) is 17.4 Å². The van der Waals surface area contributed by atoms with Crippen molar-refractivity contribution in [3.63, 3.8) is 0 Å². The number of Topliss-reactive ketones (excluding diaryl/α,β-unsaturated/α-hetero) is 1. The standard InChI is InChI=1S/C11H18O3/c1-10(2,3)14-9(13)11(4)6-5-8(12)7-11/h5-7H2,1-4H3/t11-/m1/s1. The molecule has 0 amide bonds. The van der Waals surface area contributed by atoms with Crippen LogP contribution in [0.4, 0.5) is 0 Å². The van der Waals surface area contributed by atoms with E-state index >= 15 is 0 Å². The van der Waals surface area contributed by atoms with E-state index in [-0.39, 0.29) is 11.8 Å². The number of rotatable bonds is 1. The van der Waals surface area contributed by atoms with Crippen LogP contribution >= 0.6 is 0 Å². The first-order valence-electron chi connectivity index (χ1n) is 4.98. The third-order valence-electron chi connectivity index (χ3n) is 2.43. The molecule has 1 aliphatic carbocycles. The van der Waals surface area contributed by atoms with Crippen LogP contribution in [0.3, 0.4) is 0 Å². The van der Waals surface area contributed by atoms with Crippen molar-refractivity contribution in [3.8, 4) is 0 Å². The Labute approximate surface area is 84.8 Å². The largest absolute Gasteiger partial charge is 0.460 e. The molecule has 3 nitrogen and oxygen atoms in total. The molecule has 1 aliphatic rings. The van der Waals surface area contributed by atoms with E-state index in [9.17, 15) is 9.59 Å². The average molecular weight is 198 g/mol. The van der Waals surface area contributed by atoms with Crippen molar-refractivity contribution in [1.29, 1.82) is 0 Å². The molecule has 1 saturated carbocycles. The molecule has 3 heteroatoms. The van der Waals surface area contributed by atoms with E-state index in [1.165, 1.54) is 0 Å². The van der Waals surface area contributed by atoms with Crippen LogP contribution in [0.1, 0.15) is 47.0 Å². The number of ketones is 1. The van der Waals surface area contributed by atoms with Crippen molar-refractivity contribution in [2.45, 2.75) is 52.6 Å². The van der Waals surface area contributed by atoms with Crippen molar-refractivity contribution in [2.24, 2.45) is 5.41 Å². The number of hydrogen-bond donors (Lipinski definition) is 0. The lowest BCUT2D eigenvalue weighted by molar-refractivity contribution is -0.166. The zero-order valence-corrected chi connectivity index (χ0v) is 9.35. The van der Waals surface area contributed by atoms with Crippen LogP contribution in [0.2, 0.25) is 0 Å². The monoisotopic (exact) mass is 198 g/mol. The molecule has 14 heavy (non-hydrogen) atoms. The van der Waals surface area contributed by atoms with Crippen LogP contribution in [0, 0.1) is 5.41 Å². The molecule has 80 valence electrons. The van der Waals surface area contributed by atoms with Gasteiger partial charge in [-0.25, -0.2) is 0 Å². The SMILES string of the molecule is CC(C)(C)OC(=O)[C@]1(C)CCC(=O)C1. The van der Waals surface area contributed by atoms with Gasteiger partial charge in [-0.05, 0) is 34.1 Å². The Bertz CT molecular complexity index is 262. The van der Waals surface area contributed by atoms with Gasteiger partial charge in [0.05, 0.1) is 5.41 Å². The first-order chi connectivity index (χ1) is 6.23. The summed E-state index contributed by atoms with van der Waals surface area (Å²) in [5, 5.41) is 0. The van der Waals surface area contributed by atoms with Gasteiger partial charge in [0.1, 0.15) is 11.4 Å². The fraction of sp³-hybridized carbons (Fsp3) is 0.818. The van der Waals surface area contributed by atoms with E-state index in [2.05, 4.69) is 0 Å². The van der Waals surface area contributed by atoms with Gasteiger partial charge in [-0.1, -0.05) is 0 Å². The fourth-order valence-electron chi connectivity index (χ4n) is 1.60. The van der Waals surface area contributed by atoms with Crippen LogP contribution in [0.25, 0.3) is 0 Å². The van der Waals surface area contributed by atoms with Crippen LogP contribution in [-0.2, 0) is 14.3 Å². The maximum atomic E-state index is 11.8. The first-order valence-corrected chi connectivity index (χ1v) is 4.98. The Morgan fingerprint density at radius 2 is 2.00 bits per heavy atom. The summed E-state index contributed by atoms with van der Waals surface area (Å²) in [5.74, 6) is -0.0748. The van der Waals surface area contributed by atoms with E-state index in [4.69, 9.17) is 4.74 Å². The van der Waals surface area contributed by atoms with E-state index in [0.29, 0.717) is 19.3 Å². The van der Waals surface area contributed by atoms with Crippen molar-refractivity contribution >= 4 is 11.8 Å². The van der Waals surface area contributed by atoms with Crippen LogP contribution in [0.15, 0.2) is 0 Å². The maximum Gasteiger partial charge on any atom is 0.312 e. The summed E-state index contributed by atoms with van der Waals surface area (Å²) in [6.07, 6.45) is 1.47. The molecule has 0 aromatic carbocycles. The summed E-state index contributed by atoms with van der Waals surface area (Å²) in [6.45, 7) is 7.33. The van der Waals surface area contributed by atoms with Crippen LogP contribution < -0.4 is 0 Å². The molecule has 0 radical (unpaired) electrons. The van der Waals surface area contributed by atoms with Gasteiger partial charge in [-0.3, -0.25) is 9.59 Å². The minimum atomic E-state index is -0.579. The highest BCUT2D eigenvalue weighted by Gasteiger charge is 2.43. The molecule has 1 fully saturated rings. The van der Waals surface area contributed by atoms with Gasteiger partial charge in [-0.2, -0.15) is 0 Å². The van der Waals surface area contributed by atoms with Gasteiger partial charge >= 0.3 is 5.97 Å². The summed E-state index contributed by atoms with van der Waals surface area (Å²) < 4.78 is 5.28. The average Bonchev–Trinajstić information content (AvgIpc) is 2.29. The topological polar surface area (TPSA) is 43.4 Å². The highest BCUT2D eigenvalue weighted by Crippen LogP contribution is 2.37. The maximum absolute atomic E-state index is 11.8. The Hall–Kier alpha value is -0.860. The van der Waals surface area contributed by atoms with Crippen molar-refractivity contribution in [1.82, 2.24) is 0 Å². The summed E-state index contributed by atoms with van der Waals surface area (Å²) in [5.41, 5.74) is -1.05. The molecular formula is C11H18O3. The quantitative estimate of drug-likeness (QED) is 0.606. The Morgan fingerprint density at radius 1 is 1.43 bits per heavy atom. The van der Waals surface area contributed by atoms with E-state index in [1.807, 2.05) is 27.7 Å². The lowest BCUT2D eigenvalue weighted by atomic mass is 9.89. The highest BCUT2D eigenvalue weighted by molar-refractivity contribution is 5.90. The number of carbonyl (C=O) groups is 2. The predicted octanol–water partition coefficient (Wildman–Crippen LogP) is 2.09. The van der Waals surface area contributed by atoms with Gasteiger partial charge in [0.25, 0.3) is 0 Å². The Balaban J connectivity index is 2.65. The third-order valence-corrected chi connectivity index (χ3v) is 2.43. The molecule has 0 aromatic rings. The van der Waals surface area contributed by atoms with Crippen molar-refractivity contribution in [2.75, 3.05) is 0 Å².